The Morgan fingerprint density at radius 3 is 0.851 bits per heavy atom. The maximum absolute atomic E-state index is 15.7. The molecule has 0 N–H and O–H groups in total. The minimum atomic E-state index is -0.427. The van der Waals surface area contributed by atoms with Gasteiger partial charge in [-0.15, -0.1) is 0 Å². The second-order valence-corrected chi connectivity index (χ2v) is 30.0. The third-order valence-corrected chi connectivity index (χ3v) is 22.6. The van der Waals surface area contributed by atoms with Gasteiger partial charge in [0.1, 0.15) is 0 Å². The fourth-order valence-corrected chi connectivity index (χ4v) is 16.9. The van der Waals surface area contributed by atoms with E-state index in [4.69, 9.17) is 0 Å². The molecule has 5 heterocycles. The summed E-state index contributed by atoms with van der Waals surface area (Å²) in [5.41, 5.74) is 6.89. The van der Waals surface area contributed by atoms with E-state index in [0.29, 0.717) is 121 Å². The third-order valence-electron chi connectivity index (χ3n) is 22.6. The summed E-state index contributed by atoms with van der Waals surface area (Å²) in [5, 5.41) is 3.43. The maximum Gasteiger partial charge on any atom is 0.262 e. The summed E-state index contributed by atoms with van der Waals surface area (Å²) in [6, 6.07) is 23.1. The SMILES string of the molecule is CCCCCCCCC(CCCCCC)Cn1c2cc(-c3cc4c5c(ccc6c5c3C(=O)N(CCCCCCCC)C6=O)C(=O)N(CCCCCCCC)C4=O)ccc2c2ccc(-c3cc4c5c(ccc6c5c3C(=O)N(CCCCCCCC)C6=O)C(=O)N(CCCCCCCC)C4=O)cc21. The van der Waals surface area contributed by atoms with Gasteiger partial charge in [0.2, 0.25) is 0 Å². The molecule has 0 saturated carbocycles. The van der Waals surface area contributed by atoms with Crippen molar-refractivity contribution in [3.05, 3.63) is 117 Å². The van der Waals surface area contributed by atoms with Gasteiger partial charge in [0.15, 0.2) is 0 Å². The van der Waals surface area contributed by atoms with Crippen molar-refractivity contribution in [1.82, 2.24) is 24.2 Å². The van der Waals surface area contributed by atoms with Crippen molar-refractivity contribution in [3.8, 4) is 22.3 Å². The molecular formula is C88H113N5O8. The molecule has 1 atom stereocenters. The zero-order valence-electron chi connectivity index (χ0n) is 62.0. The Morgan fingerprint density at radius 2 is 0.525 bits per heavy atom. The minimum absolute atomic E-state index is 0.247. The highest BCUT2D eigenvalue weighted by Crippen LogP contribution is 2.47. The standard InChI is InChI=1S/C88H113N5O8/c1-7-13-19-25-30-36-42-60(41-35-24-18-12-6)59-93-73-55-61(69-57-71-75-65(81(94)89(85(71)98)51-37-31-26-20-14-8-2)47-49-67-77(75)79(69)87(100)91(83(67)96)53-39-33-28-22-16-10-4)43-45-63(73)64-46-44-62(56-74(64)93)70-58-72-76-66(82(95)90(86(72)99)52-38-32-27-21-15-9-3)48-50-68-78(76)80(70)88(101)92(84(68)97)54-40-34-29-23-17-11-5/h43-50,55-58,60H,7-42,51-54,59H2,1-6H3. The number of nitrogens with zero attached hydrogens (tertiary/aromatic N) is 5. The summed E-state index contributed by atoms with van der Waals surface area (Å²) in [4.78, 5) is 127. The average Bonchev–Trinajstić information content (AvgIpc) is 0.865. The molecule has 8 amide bonds. The number of hydrogen-bond donors (Lipinski definition) is 0. The smallest absolute Gasteiger partial charge is 0.262 e. The molecule has 0 radical (unpaired) electrons. The van der Waals surface area contributed by atoms with Crippen LogP contribution in [0.3, 0.4) is 0 Å². The number of hydrogen-bond acceptors (Lipinski definition) is 8. The normalized spacial score (nSPS) is 14.7. The summed E-state index contributed by atoms with van der Waals surface area (Å²) in [6.45, 7) is 14.9. The molecular weight excluding hydrogens is 1250 g/mol. The van der Waals surface area contributed by atoms with Crippen molar-refractivity contribution in [3.63, 3.8) is 0 Å². The van der Waals surface area contributed by atoms with Crippen molar-refractivity contribution in [2.24, 2.45) is 5.92 Å². The van der Waals surface area contributed by atoms with E-state index in [9.17, 15) is 19.2 Å². The van der Waals surface area contributed by atoms with Crippen molar-refractivity contribution >= 4 is 90.6 Å². The molecule has 538 valence electrons. The second kappa shape index (κ2) is 35.4. The summed E-state index contributed by atoms with van der Waals surface area (Å²) in [6.07, 6.45) is 37.2. The van der Waals surface area contributed by atoms with Crippen LogP contribution in [0.25, 0.3) is 65.6 Å². The molecule has 0 bridgehead atoms. The summed E-state index contributed by atoms with van der Waals surface area (Å²) >= 11 is 0. The van der Waals surface area contributed by atoms with Crippen LogP contribution < -0.4 is 0 Å². The summed E-state index contributed by atoms with van der Waals surface area (Å²) in [5.74, 6) is -3.04. The first-order valence-electron chi connectivity index (χ1n) is 40.1. The Hall–Kier alpha value is -7.80. The van der Waals surface area contributed by atoms with Crippen molar-refractivity contribution in [1.29, 1.82) is 0 Å². The molecule has 13 nitrogen and oxygen atoms in total. The van der Waals surface area contributed by atoms with Crippen LogP contribution in [-0.4, -0.2) is 97.6 Å². The lowest BCUT2D eigenvalue weighted by Crippen LogP contribution is -2.44. The van der Waals surface area contributed by atoms with Crippen LogP contribution in [0.15, 0.2) is 72.8 Å². The van der Waals surface area contributed by atoms with Gasteiger partial charge in [0, 0.05) is 109 Å². The fraction of sp³-hybridized carbons (Fsp3) is 0.545. The number of unbranched alkanes of at least 4 members (excludes halogenated alkanes) is 28. The molecule has 0 spiro atoms. The Bertz CT molecular complexity index is 3960. The highest BCUT2D eigenvalue weighted by molar-refractivity contribution is 6.37. The van der Waals surface area contributed by atoms with E-state index in [0.717, 1.165) is 202 Å². The number of rotatable bonds is 44. The van der Waals surface area contributed by atoms with E-state index in [1.807, 2.05) is 24.3 Å². The van der Waals surface area contributed by atoms with Gasteiger partial charge in [-0.3, -0.25) is 58.0 Å². The summed E-state index contributed by atoms with van der Waals surface area (Å²) in [7, 11) is 0. The van der Waals surface area contributed by atoms with Crippen molar-refractivity contribution in [2.45, 2.75) is 279 Å². The molecule has 0 saturated heterocycles. The number of aromatic nitrogens is 1. The second-order valence-electron chi connectivity index (χ2n) is 30.0. The predicted molar refractivity (Wildman–Crippen MR) is 411 cm³/mol. The lowest BCUT2D eigenvalue weighted by molar-refractivity contribution is 0.0586. The van der Waals surface area contributed by atoms with Gasteiger partial charge in [0.05, 0.1) is 11.1 Å². The highest BCUT2D eigenvalue weighted by atomic mass is 16.2. The molecule has 4 aliphatic heterocycles. The van der Waals surface area contributed by atoms with Crippen LogP contribution in [-0.2, 0) is 6.54 Å². The zero-order chi connectivity index (χ0) is 71.1. The number of carbonyl (C=O) groups is 8. The van der Waals surface area contributed by atoms with Gasteiger partial charge < -0.3 is 4.57 Å². The quantitative estimate of drug-likeness (QED) is 0.0270. The fourth-order valence-electron chi connectivity index (χ4n) is 16.9. The number of amides is 8. The number of imide groups is 4. The summed E-state index contributed by atoms with van der Waals surface area (Å²) < 4.78 is 2.43. The van der Waals surface area contributed by atoms with E-state index < -0.39 is 47.3 Å². The molecule has 101 heavy (non-hydrogen) atoms. The van der Waals surface area contributed by atoms with Gasteiger partial charge >= 0.3 is 0 Å². The maximum atomic E-state index is 15.7. The molecule has 7 aromatic rings. The van der Waals surface area contributed by atoms with E-state index in [1.54, 1.807) is 24.3 Å². The lowest BCUT2D eigenvalue weighted by atomic mass is 9.81. The largest absolute Gasteiger partial charge is 0.340 e. The van der Waals surface area contributed by atoms with Crippen molar-refractivity contribution in [2.75, 3.05) is 26.2 Å². The molecule has 6 aromatic carbocycles. The van der Waals surface area contributed by atoms with Gasteiger partial charge in [-0.05, 0) is 115 Å². The Morgan fingerprint density at radius 1 is 0.257 bits per heavy atom. The average molecular weight is 1370 g/mol. The lowest BCUT2D eigenvalue weighted by Gasteiger charge is -2.33. The number of fused-ring (bicyclic) bond motifs is 3. The van der Waals surface area contributed by atoms with E-state index in [-0.39, 0.29) is 32.1 Å². The van der Waals surface area contributed by atoms with E-state index in [1.165, 1.54) is 45.3 Å². The van der Waals surface area contributed by atoms with E-state index in [2.05, 4.69) is 70.4 Å². The van der Waals surface area contributed by atoms with Crippen LogP contribution in [0.1, 0.15) is 356 Å². The topological polar surface area (TPSA) is 154 Å². The first kappa shape index (κ1) is 74.4. The molecule has 0 aliphatic carbocycles. The van der Waals surface area contributed by atoms with Crippen LogP contribution in [0, 0.1) is 5.92 Å². The molecule has 1 aromatic heterocycles. The molecule has 0 fully saturated rings. The van der Waals surface area contributed by atoms with Gasteiger partial charge in [-0.2, -0.15) is 0 Å². The first-order valence-corrected chi connectivity index (χ1v) is 40.1. The van der Waals surface area contributed by atoms with Crippen LogP contribution in [0.5, 0.6) is 0 Å². The number of carbonyl (C=O) groups excluding carboxylic acids is 8. The third kappa shape index (κ3) is 15.8. The van der Waals surface area contributed by atoms with Gasteiger partial charge in [0.25, 0.3) is 47.3 Å². The Balaban J connectivity index is 1.10. The van der Waals surface area contributed by atoms with Crippen molar-refractivity contribution < 1.29 is 38.4 Å². The number of benzene rings is 6. The van der Waals surface area contributed by atoms with E-state index >= 15 is 19.2 Å². The van der Waals surface area contributed by atoms with Crippen LogP contribution in [0.2, 0.25) is 0 Å². The molecule has 13 heteroatoms. The molecule has 11 rings (SSSR count). The minimum Gasteiger partial charge on any atom is -0.340 e. The van der Waals surface area contributed by atoms with Crippen LogP contribution >= 0.6 is 0 Å². The Kier molecular flexibility index (Phi) is 26.1. The monoisotopic (exact) mass is 1370 g/mol. The van der Waals surface area contributed by atoms with Crippen LogP contribution in [0.4, 0.5) is 0 Å². The Labute approximate surface area is 600 Å². The predicted octanol–water partition coefficient (Wildman–Crippen LogP) is 22.6. The molecule has 1 unspecified atom stereocenters. The van der Waals surface area contributed by atoms with Gasteiger partial charge in [-0.1, -0.05) is 258 Å². The van der Waals surface area contributed by atoms with Gasteiger partial charge in [-0.25, -0.2) is 0 Å². The molecule has 4 aliphatic rings. The zero-order valence-corrected chi connectivity index (χ0v) is 62.0. The highest BCUT2D eigenvalue weighted by Gasteiger charge is 2.44. The first-order chi connectivity index (χ1) is 49.3.